The molecule has 0 fully saturated rings. The number of oxazole rings is 1. The Morgan fingerprint density at radius 3 is 2.43 bits per heavy atom. The van der Waals surface area contributed by atoms with Crippen LogP contribution in [-0.4, -0.2) is 24.0 Å². The van der Waals surface area contributed by atoms with Crippen molar-refractivity contribution in [3.05, 3.63) is 42.1 Å². The number of benzene rings is 1. The number of hydrogen-bond acceptors (Lipinski definition) is 4. The zero-order chi connectivity index (χ0) is 15.2. The second-order valence-electron chi connectivity index (χ2n) is 4.81. The summed E-state index contributed by atoms with van der Waals surface area (Å²) in [6.45, 7) is 8.00. The van der Waals surface area contributed by atoms with Gasteiger partial charge in [0.15, 0.2) is 6.39 Å². The number of rotatable bonds is 6. The molecule has 1 heterocycles. The molecule has 2 rings (SSSR count). The fourth-order valence-electron chi connectivity index (χ4n) is 2.19. The molecule has 0 atom stereocenters. The third kappa shape index (κ3) is 3.84. The lowest BCUT2D eigenvalue weighted by Crippen LogP contribution is -2.21. The summed E-state index contributed by atoms with van der Waals surface area (Å²) in [5, 5.41) is 2.86. The molecule has 0 unspecified atom stereocenters. The van der Waals surface area contributed by atoms with Gasteiger partial charge in [0.25, 0.3) is 0 Å². The van der Waals surface area contributed by atoms with Crippen molar-refractivity contribution in [1.29, 1.82) is 0 Å². The SMILES string of the molecule is CCN(CC)c1ccc(NC(=O)Cc2ocnc2C)cc1. The van der Waals surface area contributed by atoms with E-state index in [1.165, 1.54) is 6.39 Å². The van der Waals surface area contributed by atoms with Gasteiger partial charge < -0.3 is 14.6 Å². The zero-order valence-corrected chi connectivity index (χ0v) is 12.7. The number of nitrogens with one attached hydrogen (secondary N) is 1. The number of carbonyl (C=O) groups is 1. The smallest absolute Gasteiger partial charge is 0.232 e. The van der Waals surface area contributed by atoms with Crippen LogP contribution in [0, 0.1) is 6.92 Å². The van der Waals surface area contributed by atoms with Gasteiger partial charge in [0.05, 0.1) is 12.1 Å². The van der Waals surface area contributed by atoms with Crippen molar-refractivity contribution in [2.45, 2.75) is 27.2 Å². The van der Waals surface area contributed by atoms with Crippen molar-refractivity contribution in [2.24, 2.45) is 0 Å². The Hall–Kier alpha value is -2.30. The second-order valence-corrected chi connectivity index (χ2v) is 4.81. The van der Waals surface area contributed by atoms with Crippen molar-refractivity contribution in [3.63, 3.8) is 0 Å². The fourth-order valence-corrected chi connectivity index (χ4v) is 2.19. The first-order valence-corrected chi connectivity index (χ1v) is 7.17. The topological polar surface area (TPSA) is 58.4 Å². The highest BCUT2D eigenvalue weighted by Crippen LogP contribution is 2.18. The molecule has 1 aromatic heterocycles. The van der Waals surface area contributed by atoms with Crippen LogP contribution in [0.15, 0.2) is 35.1 Å². The maximum atomic E-state index is 12.0. The van der Waals surface area contributed by atoms with Gasteiger partial charge >= 0.3 is 0 Å². The summed E-state index contributed by atoms with van der Waals surface area (Å²) in [4.78, 5) is 18.2. The van der Waals surface area contributed by atoms with Crippen LogP contribution in [0.2, 0.25) is 0 Å². The van der Waals surface area contributed by atoms with Crippen LogP contribution >= 0.6 is 0 Å². The highest BCUT2D eigenvalue weighted by molar-refractivity contribution is 5.92. The first-order chi connectivity index (χ1) is 10.1. The van der Waals surface area contributed by atoms with Gasteiger partial charge in [0, 0.05) is 24.5 Å². The van der Waals surface area contributed by atoms with Crippen LogP contribution in [0.5, 0.6) is 0 Å². The van der Waals surface area contributed by atoms with E-state index >= 15 is 0 Å². The van der Waals surface area contributed by atoms with Crippen molar-refractivity contribution < 1.29 is 9.21 Å². The predicted molar refractivity (Wildman–Crippen MR) is 83.6 cm³/mol. The molecule has 5 heteroatoms. The second kappa shape index (κ2) is 6.92. The summed E-state index contributed by atoms with van der Waals surface area (Å²) < 4.78 is 5.17. The molecule has 0 aliphatic rings. The maximum Gasteiger partial charge on any atom is 0.232 e. The normalized spacial score (nSPS) is 10.4. The van der Waals surface area contributed by atoms with Gasteiger partial charge in [-0.05, 0) is 45.0 Å². The van der Waals surface area contributed by atoms with Gasteiger partial charge in [-0.15, -0.1) is 0 Å². The lowest BCUT2D eigenvalue weighted by Gasteiger charge is -2.21. The molecule has 2 aromatic rings. The van der Waals surface area contributed by atoms with E-state index in [1.807, 2.05) is 31.2 Å². The molecule has 112 valence electrons. The molecule has 1 amide bonds. The van der Waals surface area contributed by atoms with Crippen molar-refractivity contribution >= 4 is 17.3 Å². The van der Waals surface area contributed by atoms with Gasteiger partial charge in [0.2, 0.25) is 5.91 Å². The summed E-state index contributed by atoms with van der Waals surface area (Å²) in [5.41, 5.74) is 2.69. The van der Waals surface area contributed by atoms with Crippen molar-refractivity contribution in [2.75, 3.05) is 23.3 Å². The molecule has 1 N–H and O–H groups in total. The largest absolute Gasteiger partial charge is 0.448 e. The summed E-state index contributed by atoms with van der Waals surface area (Å²) in [6, 6.07) is 7.86. The molecule has 0 saturated heterocycles. The lowest BCUT2D eigenvalue weighted by molar-refractivity contribution is -0.115. The summed E-state index contributed by atoms with van der Waals surface area (Å²) in [7, 11) is 0. The molecule has 0 aliphatic carbocycles. The maximum absolute atomic E-state index is 12.0. The molecular formula is C16H21N3O2. The molecule has 0 aliphatic heterocycles. The highest BCUT2D eigenvalue weighted by Gasteiger charge is 2.10. The first kappa shape index (κ1) is 15.1. The predicted octanol–water partition coefficient (Wildman–Crippen LogP) is 3.01. The number of aryl methyl sites for hydroxylation is 1. The summed E-state index contributed by atoms with van der Waals surface area (Å²) in [6.07, 6.45) is 1.56. The number of aromatic nitrogens is 1. The monoisotopic (exact) mass is 287 g/mol. The molecule has 1 aromatic carbocycles. The summed E-state index contributed by atoms with van der Waals surface area (Å²) >= 11 is 0. The van der Waals surface area contributed by atoms with E-state index in [4.69, 9.17) is 4.42 Å². The van der Waals surface area contributed by atoms with Crippen LogP contribution in [0.1, 0.15) is 25.3 Å². The Bertz CT molecular complexity index is 586. The van der Waals surface area contributed by atoms with Gasteiger partial charge in [-0.3, -0.25) is 4.79 Å². The van der Waals surface area contributed by atoms with Gasteiger partial charge in [-0.25, -0.2) is 4.98 Å². The van der Waals surface area contributed by atoms with E-state index in [0.717, 1.165) is 30.2 Å². The number of amides is 1. The Kier molecular flexibility index (Phi) is 4.98. The van der Waals surface area contributed by atoms with E-state index in [1.54, 1.807) is 0 Å². The lowest BCUT2D eigenvalue weighted by atomic mass is 10.2. The molecule has 0 saturated carbocycles. The van der Waals surface area contributed by atoms with Crippen molar-refractivity contribution in [3.8, 4) is 0 Å². The number of anilines is 2. The number of hydrogen-bond donors (Lipinski definition) is 1. The minimum absolute atomic E-state index is 0.106. The first-order valence-electron chi connectivity index (χ1n) is 7.17. The minimum Gasteiger partial charge on any atom is -0.448 e. The molecule has 21 heavy (non-hydrogen) atoms. The van der Waals surface area contributed by atoms with Crippen LogP contribution in [0.25, 0.3) is 0 Å². The minimum atomic E-state index is -0.106. The molecule has 0 spiro atoms. The van der Waals surface area contributed by atoms with E-state index < -0.39 is 0 Å². The zero-order valence-electron chi connectivity index (χ0n) is 12.7. The van der Waals surface area contributed by atoms with Gasteiger partial charge in [-0.1, -0.05) is 0 Å². The van der Waals surface area contributed by atoms with E-state index in [-0.39, 0.29) is 12.3 Å². The number of nitrogens with zero attached hydrogens (tertiary/aromatic N) is 2. The highest BCUT2D eigenvalue weighted by atomic mass is 16.3. The van der Waals surface area contributed by atoms with Crippen LogP contribution < -0.4 is 10.2 Å². The number of carbonyl (C=O) groups excluding carboxylic acids is 1. The molecular weight excluding hydrogens is 266 g/mol. The standard InChI is InChI=1S/C16H21N3O2/c1-4-19(5-2)14-8-6-13(7-9-14)18-16(20)10-15-12(3)17-11-21-15/h6-9,11H,4-5,10H2,1-3H3,(H,18,20). The van der Waals surface area contributed by atoms with Gasteiger partial charge in [-0.2, -0.15) is 0 Å². The Labute approximate surface area is 125 Å². The van der Waals surface area contributed by atoms with E-state index in [2.05, 4.69) is 29.0 Å². The Balaban J connectivity index is 1.97. The Morgan fingerprint density at radius 2 is 1.90 bits per heavy atom. The fraction of sp³-hybridized carbons (Fsp3) is 0.375. The third-order valence-electron chi connectivity index (χ3n) is 3.45. The van der Waals surface area contributed by atoms with Gasteiger partial charge in [0.1, 0.15) is 5.76 Å². The van der Waals surface area contributed by atoms with E-state index in [0.29, 0.717) is 5.76 Å². The van der Waals surface area contributed by atoms with Crippen molar-refractivity contribution in [1.82, 2.24) is 4.98 Å². The molecule has 0 radical (unpaired) electrons. The van der Waals surface area contributed by atoms with Crippen LogP contribution in [0.3, 0.4) is 0 Å². The van der Waals surface area contributed by atoms with Crippen LogP contribution in [0.4, 0.5) is 11.4 Å². The average Bonchev–Trinajstić information content (AvgIpc) is 2.87. The molecule has 5 nitrogen and oxygen atoms in total. The summed E-state index contributed by atoms with van der Waals surface area (Å²) in [5.74, 6) is 0.498. The average molecular weight is 287 g/mol. The molecule has 0 bridgehead atoms. The van der Waals surface area contributed by atoms with Crippen LogP contribution in [-0.2, 0) is 11.2 Å². The van der Waals surface area contributed by atoms with E-state index in [9.17, 15) is 4.79 Å². The Morgan fingerprint density at radius 1 is 1.24 bits per heavy atom. The quantitative estimate of drug-likeness (QED) is 0.887. The third-order valence-corrected chi connectivity index (χ3v) is 3.45.